The van der Waals surface area contributed by atoms with Crippen molar-refractivity contribution in [1.29, 1.82) is 0 Å². The molecular formula is C18H28N4O2. The van der Waals surface area contributed by atoms with Crippen molar-refractivity contribution >= 4 is 11.8 Å². The molecule has 0 N–H and O–H groups in total. The van der Waals surface area contributed by atoms with E-state index in [-0.39, 0.29) is 23.9 Å². The van der Waals surface area contributed by atoms with Gasteiger partial charge in [-0.25, -0.2) is 0 Å². The molecule has 2 fully saturated rings. The first-order chi connectivity index (χ1) is 11.4. The zero-order valence-electron chi connectivity index (χ0n) is 15.2. The van der Waals surface area contributed by atoms with E-state index < -0.39 is 5.54 Å². The molecule has 6 nitrogen and oxygen atoms in total. The third kappa shape index (κ3) is 2.62. The molecule has 0 aliphatic carbocycles. The Morgan fingerprint density at radius 2 is 1.79 bits per heavy atom. The van der Waals surface area contributed by atoms with Crippen LogP contribution in [0.5, 0.6) is 0 Å². The number of rotatable bonds is 3. The minimum Gasteiger partial charge on any atom is -0.338 e. The van der Waals surface area contributed by atoms with Crippen molar-refractivity contribution in [3.8, 4) is 0 Å². The summed E-state index contributed by atoms with van der Waals surface area (Å²) in [5.41, 5.74) is -0.0565. The molecule has 132 valence electrons. The quantitative estimate of drug-likeness (QED) is 0.854. The highest BCUT2D eigenvalue weighted by Gasteiger charge is 2.53. The SMILES string of the molecule is CC(C)N1CCCC2(CCCN2C(=O)c2cnn(C(C)C)c2)C1=O. The normalized spacial score (nSPS) is 24.7. The zero-order chi connectivity index (χ0) is 17.5. The Bertz CT molecular complexity index is 637. The van der Waals surface area contributed by atoms with Gasteiger partial charge in [0.25, 0.3) is 5.91 Å². The van der Waals surface area contributed by atoms with Crippen molar-refractivity contribution in [1.82, 2.24) is 19.6 Å². The van der Waals surface area contributed by atoms with E-state index in [1.54, 1.807) is 17.1 Å². The Morgan fingerprint density at radius 1 is 1.12 bits per heavy atom. The lowest BCUT2D eigenvalue weighted by molar-refractivity contribution is -0.147. The number of piperidine rings is 1. The standard InChI is InChI=1S/C18H28N4O2/c1-13(2)20-9-5-7-18(17(20)24)8-6-10-21(18)16(23)15-11-19-22(12-15)14(3)4/h11-14H,5-10H2,1-4H3. The van der Waals surface area contributed by atoms with Gasteiger partial charge in [0.2, 0.25) is 5.91 Å². The lowest BCUT2D eigenvalue weighted by Gasteiger charge is -2.45. The number of carbonyl (C=O) groups excluding carboxylic acids is 2. The first kappa shape index (κ1) is 17.0. The molecule has 3 heterocycles. The molecule has 0 radical (unpaired) electrons. The maximum atomic E-state index is 13.2. The molecule has 1 atom stereocenters. The summed E-state index contributed by atoms with van der Waals surface area (Å²) in [5.74, 6) is 0.0733. The van der Waals surface area contributed by atoms with Crippen molar-refractivity contribution < 1.29 is 9.59 Å². The average molecular weight is 332 g/mol. The molecule has 24 heavy (non-hydrogen) atoms. The summed E-state index contributed by atoms with van der Waals surface area (Å²) in [6.07, 6.45) is 6.83. The highest BCUT2D eigenvalue weighted by Crippen LogP contribution is 2.39. The fourth-order valence-electron chi connectivity index (χ4n) is 4.05. The summed E-state index contributed by atoms with van der Waals surface area (Å²) in [5, 5.41) is 4.28. The molecule has 2 aliphatic heterocycles. The molecule has 1 aromatic heterocycles. The van der Waals surface area contributed by atoms with E-state index in [1.165, 1.54) is 0 Å². The van der Waals surface area contributed by atoms with Crippen LogP contribution in [0.4, 0.5) is 0 Å². The fourth-order valence-corrected chi connectivity index (χ4v) is 4.05. The molecule has 1 spiro atoms. The van der Waals surface area contributed by atoms with Gasteiger partial charge in [-0.2, -0.15) is 5.10 Å². The first-order valence-corrected chi connectivity index (χ1v) is 9.04. The average Bonchev–Trinajstić information content (AvgIpc) is 3.17. The van der Waals surface area contributed by atoms with Crippen molar-refractivity contribution in [3.63, 3.8) is 0 Å². The number of aromatic nitrogens is 2. The van der Waals surface area contributed by atoms with Crippen LogP contribution < -0.4 is 0 Å². The smallest absolute Gasteiger partial charge is 0.257 e. The van der Waals surface area contributed by atoms with Gasteiger partial charge in [0.05, 0.1) is 11.8 Å². The van der Waals surface area contributed by atoms with Crippen LogP contribution in [0.2, 0.25) is 0 Å². The second kappa shape index (κ2) is 6.22. The van der Waals surface area contributed by atoms with E-state index in [4.69, 9.17) is 0 Å². The summed E-state index contributed by atoms with van der Waals surface area (Å²) in [6.45, 7) is 9.61. The van der Waals surface area contributed by atoms with Gasteiger partial charge in [-0.1, -0.05) is 0 Å². The number of nitrogens with zero attached hydrogens (tertiary/aromatic N) is 4. The molecule has 1 unspecified atom stereocenters. The van der Waals surface area contributed by atoms with Crippen molar-refractivity contribution in [2.24, 2.45) is 0 Å². The number of carbonyl (C=O) groups is 2. The Kier molecular flexibility index (Phi) is 4.40. The van der Waals surface area contributed by atoms with Crippen LogP contribution in [0.25, 0.3) is 0 Å². The molecule has 0 saturated carbocycles. The van der Waals surface area contributed by atoms with Gasteiger partial charge in [-0.15, -0.1) is 0 Å². The van der Waals surface area contributed by atoms with Gasteiger partial charge in [0, 0.05) is 31.4 Å². The van der Waals surface area contributed by atoms with E-state index in [9.17, 15) is 9.59 Å². The van der Waals surface area contributed by atoms with Crippen LogP contribution in [0.1, 0.15) is 69.8 Å². The lowest BCUT2D eigenvalue weighted by Crippen LogP contribution is -2.62. The summed E-state index contributed by atoms with van der Waals surface area (Å²) in [7, 11) is 0. The van der Waals surface area contributed by atoms with Gasteiger partial charge < -0.3 is 9.80 Å². The van der Waals surface area contributed by atoms with Crippen molar-refractivity contribution in [3.05, 3.63) is 18.0 Å². The van der Waals surface area contributed by atoms with Crippen LogP contribution in [0.3, 0.4) is 0 Å². The van der Waals surface area contributed by atoms with Crippen LogP contribution in [0, 0.1) is 0 Å². The van der Waals surface area contributed by atoms with Gasteiger partial charge in [-0.3, -0.25) is 14.3 Å². The molecule has 2 saturated heterocycles. The van der Waals surface area contributed by atoms with Crippen LogP contribution >= 0.6 is 0 Å². The maximum Gasteiger partial charge on any atom is 0.257 e. The Morgan fingerprint density at radius 3 is 2.38 bits per heavy atom. The maximum absolute atomic E-state index is 13.2. The molecule has 0 aromatic carbocycles. The highest BCUT2D eigenvalue weighted by atomic mass is 16.2. The third-order valence-corrected chi connectivity index (χ3v) is 5.38. The zero-order valence-corrected chi connectivity index (χ0v) is 15.2. The second-order valence-corrected chi connectivity index (χ2v) is 7.59. The van der Waals surface area contributed by atoms with E-state index >= 15 is 0 Å². The van der Waals surface area contributed by atoms with Crippen LogP contribution in [-0.4, -0.2) is 56.1 Å². The summed E-state index contributed by atoms with van der Waals surface area (Å²) < 4.78 is 1.79. The molecule has 1 aromatic rings. The number of hydrogen-bond donors (Lipinski definition) is 0. The van der Waals surface area contributed by atoms with Gasteiger partial charge in [0.15, 0.2) is 0 Å². The summed E-state index contributed by atoms with van der Waals surface area (Å²) in [4.78, 5) is 30.0. The summed E-state index contributed by atoms with van der Waals surface area (Å²) >= 11 is 0. The Hall–Kier alpha value is -1.85. The molecule has 2 amide bonds. The minimum atomic E-state index is -0.639. The molecular weight excluding hydrogens is 304 g/mol. The number of hydrogen-bond acceptors (Lipinski definition) is 3. The van der Waals surface area contributed by atoms with Gasteiger partial charge in [-0.05, 0) is 53.4 Å². The topological polar surface area (TPSA) is 58.4 Å². The molecule has 0 bridgehead atoms. The molecule has 2 aliphatic rings. The third-order valence-electron chi connectivity index (χ3n) is 5.38. The van der Waals surface area contributed by atoms with Gasteiger partial charge >= 0.3 is 0 Å². The largest absolute Gasteiger partial charge is 0.338 e. The predicted octanol–water partition coefficient (Wildman–Crippen LogP) is 2.47. The fraction of sp³-hybridized carbons (Fsp3) is 0.722. The summed E-state index contributed by atoms with van der Waals surface area (Å²) in [6, 6.07) is 0.391. The van der Waals surface area contributed by atoms with E-state index in [1.807, 2.05) is 37.5 Å². The van der Waals surface area contributed by atoms with Crippen molar-refractivity contribution in [2.45, 2.75) is 71.0 Å². The first-order valence-electron chi connectivity index (χ1n) is 9.04. The number of likely N-dealkylation sites (tertiary alicyclic amines) is 2. The monoisotopic (exact) mass is 332 g/mol. The second-order valence-electron chi connectivity index (χ2n) is 7.59. The van der Waals surface area contributed by atoms with Crippen molar-refractivity contribution in [2.75, 3.05) is 13.1 Å². The van der Waals surface area contributed by atoms with Crippen LogP contribution in [-0.2, 0) is 4.79 Å². The Labute approximate surface area is 143 Å². The number of amides is 2. The minimum absolute atomic E-state index is 0.0571. The lowest BCUT2D eigenvalue weighted by atomic mass is 9.84. The molecule has 6 heteroatoms. The Balaban J connectivity index is 1.89. The molecule has 3 rings (SSSR count). The predicted molar refractivity (Wildman–Crippen MR) is 91.7 cm³/mol. The van der Waals surface area contributed by atoms with E-state index in [0.29, 0.717) is 12.1 Å². The van der Waals surface area contributed by atoms with E-state index in [0.717, 1.165) is 32.2 Å². The van der Waals surface area contributed by atoms with Gasteiger partial charge in [0.1, 0.15) is 5.54 Å². The van der Waals surface area contributed by atoms with E-state index in [2.05, 4.69) is 5.10 Å². The van der Waals surface area contributed by atoms with Crippen LogP contribution in [0.15, 0.2) is 12.4 Å². The highest BCUT2D eigenvalue weighted by molar-refractivity contribution is 5.99.